The fourth-order valence-corrected chi connectivity index (χ4v) is 2.99. The molecule has 2 aromatic carbocycles. The van der Waals surface area contributed by atoms with E-state index in [1.807, 2.05) is 45.0 Å². The van der Waals surface area contributed by atoms with Gasteiger partial charge in [-0.3, -0.25) is 9.69 Å². The average Bonchev–Trinajstić information content (AvgIpc) is 2.93. The third-order valence-electron chi connectivity index (χ3n) is 4.59. The topological polar surface area (TPSA) is 58.6 Å². The van der Waals surface area contributed by atoms with Crippen LogP contribution in [0.5, 0.6) is 5.75 Å². The summed E-state index contributed by atoms with van der Waals surface area (Å²) in [6.45, 7) is 6.23. The Morgan fingerprint density at radius 2 is 1.89 bits per heavy atom. The van der Waals surface area contributed by atoms with Crippen LogP contribution >= 0.6 is 11.6 Å². The molecular weight excluding hydrogens is 376 g/mol. The summed E-state index contributed by atoms with van der Waals surface area (Å²) < 4.78 is 5.75. The van der Waals surface area contributed by atoms with Gasteiger partial charge in [0.1, 0.15) is 11.4 Å². The molecule has 0 aromatic heterocycles. The molecule has 3 rings (SSSR count). The molecule has 3 amide bonds. The first-order chi connectivity index (χ1) is 13.4. The Morgan fingerprint density at radius 3 is 2.54 bits per heavy atom. The van der Waals surface area contributed by atoms with E-state index in [-0.39, 0.29) is 24.3 Å². The Bertz CT molecular complexity index is 922. The molecule has 2 aromatic rings. The summed E-state index contributed by atoms with van der Waals surface area (Å²) in [5.74, 6) is 0.238. The number of carbonyl (C=O) groups is 2. The van der Waals surface area contributed by atoms with Gasteiger partial charge in [-0.25, -0.2) is 4.79 Å². The van der Waals surface area contributed by atoms with Crippen molar-refractivity contribution in [3.8, 4) is 5.75 Å². The standard InChI is InChI=1S/C22H23ClN2O3/c1-4-15(3)28-20-10-9-17(11-18(20)23)12-19-21(26)25(22(27)24-19)13-16-7-5-14(2)6-8-16/h5-12,15H,4,13H2,1-3H3,(H,24,27)/b19-12-/t15-/m0/s1. The first-order valence-electron chi connectivity index (χ1n) is 9.23. The second-order valence-corrected chi connectivity index (χ2v) is 7.30. The molecule has 1 aliphatic rings. The summed E-state index contributed by atoms with van der Waals surface area (Å²) in [5, 5.41) is 3.09. The number of urea groups is 1. The summed E-state index contributed by atoms with van der Waals surface area (Å²) in [5.41, 5.74) is 2.95. The highest BCUT2D eigenvalue weighted by Gasteiger charge is 2.33. The minimum absolute atomic E-state index is 0.0627. The average molecular weight is 399 g/mol. The van der Waals surface area contributed by atoms with Crippen LogP contribution in [0.25, 0.3) is 6.08 Å². The second-order valence-electron chi connectivity index (χ2n) is 6.89. The van der Waals surface area contributed by atoms with Crippen LogP contribution in [0.4, 0.5) is 4.79 Å². The predicted molar refractivity (Wildman–Crippen MR) is 110 cm³/mol. The number of amides is 3. The van der Waals surface area contributed by atoms with Gasteiger partial charge in [-0.2, -0.15) is 0 Å². The Morgan fingerprint density at radius 1 is 1.18 bits per heavy atom. The maximum Gasteiger partial charge on any atom is 0.329 e. The van der Waals surface area contributed by atoms with E-state index in [0.717, 1.165) is 17.5 Å². The number of halogens is 1. The molecule has 1 atom stereocenters. The van der Waals surface area contributed by atoms with Gasteiger partial charge < -0.3 is 10.1 Å². The molecule has 1 fully saturated rings. The minimum atomic E-state index is -0.431. The van der Waals surface area contributed by atoms with E-state index in [2.05, 4.69) is 5.32 Å². The quantitative estimate of drug-likeness (QED) is 0.555. The van der Waals surface area contributed by atoms with Gasteiger partial charge in [0.25, 0.3) is 5.91 Å². The molecule has 0 aliphatic carbocycles. The van der Waals surface area contributed by atoms with Crippen molar-refractivity contribution in [1.82, 2.24) is 10.2 Å². The van der Waals surface area contributed by atoms with Crippen LogP contribution in [0, 0.1) is 6.92 Å². The lowest BCUT2D eigenvalue weighted by Gasteiger charge is -2.14. The summed E-state index contributed by atoms with van der Waals surface area (Å²) in [6.07, 6.45) is 2.56. The van der Waals surface area contributed by atoms with Gasteiger partial charge in [0.2, 0.25) is 0 Å². The maximum atomic E-state index is 12.6. The number of nitrogens with one attached hydrogen (secondary N) is 1. The predicted octanol–water partition coefficient (Wildman–Crippen LogP) is 4.92. The number of benzene rings is 2. The van der Waals surface area contributed by atoms with Crippen molar-refractivity contribution in [2.75, 3.05) is 0 Å². The van der Waals surface area contributed by atoms with E-state index >= 15 is 0 Å². The van der Waals surface area contributed by atoms with Crippen molar-refractivity contribution in [2.45, 2.75) is 39.8 Å². The first kappa shape index (κ1) is 20.0. The van der Waals surface area contributed by atoms with Crippen molar-refractivity contribution >= 4 is 29.6 Å². The number of hydrogen-bond acceptors (Lipinski definition) is 3. The van der Waals surface area contributed by atoms with Crippen LogP contribution in [0.2, 0.25) is 5.02 Å². The van der Waals surface area contributed by atoms with Gasteiger partial charge in [0.05, 0.1) is 17.7 Å². The molecule has 1 aliphatic heterocycles. The summed E-state index contributed by atoms with van der Waals surface area (Å²) in [4.78, 5) is 26.1. The van der Waals surface area contributed by atoms with Gasteiger partial charge >= 0.3 is 6.03 Å². The number of ether oxygens (including phenoxy) is 1. The Labute approximate surface area is 169 Å². The van der Waals surface area contributed by atoms with Gasteiger partial charge in [0, 0.05) is 0 Å². The molecule has 5 nitrogen and oxygen atoms in total. The van der Waals surface area contributed by atoms with Crippen molar-refractivity contribution in [1.29, 1.82) is 0 Å². The van der Waals surface area contributed by atoms with E-state index in [4.69, 9.17) is 16.3 Å². The molecule has 0 unspecified atom stereocenters. The minimum Gasteiger partial charge on any atom is -0.489 e. The third-order valence-corrected chi connectivity index (χ3v) is 4.89. The lowest BCUT2D eigenvalue weighted by Crippen LogP contribution is -2.30. The molecule has 6 heteroatoms. The number of hydrogen-bond donors (Lipinski definition) is 1. The molecule has 1 saturated heterocycles. The van der Waals surface area contributed by atoms with Crippen molar-refractivity contribution in [3.05, 3.63) is 69.9 Å². The largest absolute Gasteiger partial charge is 0.489 e. The third kappa shape index (κ3) is 4.54. The zero-order valence-corrected chi connectivity index (χ0v) is 16.9. The molecule has 0 spiro atoms. The first-order valence-corrected chi connectivity index (χ1v) is 9.61. The molecule has 1 N–H and O–H groups in total. The van der Waals surface area contributed by atoms with Crippen LogP contribution in [0.3, 0.4) is 0 Å². The number of aryl methyl sites for hydroxylation is 1. The van der Waals surface area contributed by atoms with E-state index in [0.29, 0.717) is 16.3 Å². The number of imide groups is 1. The van der Waals surface area contributed by atoms with Crippen molar-refractivity contribution < 1.29 is 14.3 Å². The summed E-state index contributed by atoms with van der Waals surface area (Å²) in [7, 11) is 0. The summed E-state index contributed by atoms with van der Waals surface area (Å²) in [6, 6.07) is 12.6. The van der Waals surface area contributed by atoms with Gasteiger partial charge in [0.15, 0.2) is 0 Å². The zero-order valence-electron chi connectivity index (χ0n) is 16.2. The molecule has 0 radical (unpaired) electrons. The number of carbonyl (C=O) groups excluding carboxylic acids is 2. The van der Waals surface area contributed by atoms with E-state index < -0.39 is 6.03 Å². The van der Waals surface area contributed by atoms with Crippen LogP contribution in [-0.4, -0.2) is 22.9 Å². The van der Waals surface area contributed by atoms with Gasteiger partial charge in [-0.1, -0.05) is 54.4 Å². The van der Waals surface area contributed by atoms with Crippen molar-refractivity contribution in [3.63, 3.8) is 0 Å². The number of nitrogens with zero attached hydrogens (tertiary/aromatic N) is 1. The van der Waals surface area contributed by atoms with Crippen LogP contribution in [0.1, 0.15) is 37.0 Å². The fourth-order valence-electron chi connectivity index (χ4n) is 2.76. The lowest BCUT2D eigenvalue weighted by molar-refractivity contribution is -0.123. The highest BCUT2D eigenvalue weighted by atomic mass is 35.5. The zero-order chi connectivity index (χ0) is 20.3. The molecular formula is C22H23ClN2O3. The molecule has 28 heavy (non-hydrogen) atoms. The SMILES string of the molecule is CC[C@H](C)Oc1ccc(/C=C2\NC(=O)N(Cc3ccc(C)cc3)C2=O)cc1Cl. The molecule has 1 heterocycles. The Balaban J connectivity index is 1.76. The Hall–Kier alpha value is -2.79. The molecule has 0 saturated carbocycles. The lowest BCUT2D eigenvalue weighted by atomic mass is 10.1. The molecule has 146 valence electrons. The Kier molecular flexibility index (Phi) is 6.05. The smallest absolute Gasteiger partial charge is 0.329 e. The molecule has 0 bridgehead atoms. The van der Waals surface area contributed by atoms with Crippen molar-refractivity contribution in [2.24, 2.45) is 0 Å². The highest BCUT2D eigenvalue weighted by Crippen LogP contribution is 2.28. The van der Waals surface area contributed by atoms with Crippen LogP contribution in [-0.2, 0) is 11.3 Å². The van der Waals surface area contributed by atoms with E-state index in [9.17, 15) is 9.59 Å². The monoisotopic (exact) mass is 398 g/mol. The van der Waals surface area contributed by atoms with E-state index in [1.54, 1.807) is 24.3 Å². The summed E-state index contributed by atoms with van der Waals surface area (Å²) >= 11 is 6.29. The van der Waals surface area contributed by atoms with Crippen LogP contribution in [0.15, 0.2) is 48.2 Å². The van der Waals surface area contributed by atoms with E-state index in [1.165, 1.54) is 4.90 Å². The normalized spacial score (nSPS) is 16.4. The fraction of sp³-hybridized carbons (Fsp3) is 0.273. The van der Waals surface area contributed by atoms with Crippen LogP contribution < -0.4 is 10.1 Å². The van der Waals surface area contributed by atoms with Gasteiger partial charge in [-0.15, -0.1) is 0 Å². The maximum absolute atomic E-state index is 12.6. The highest BCUT2D eigenvalue weighted by molar-refractivity contribution is 6.32. The van der Waals surface area contributed by atoms with Gasteiger partial charge in [-0.05, 0) is 49.6 Å². The second kappa shape index (κ2) is 8.48. The number of rotatable bonds is 6.